The predicted molar refractivity (Wildman–Crippen MR) is 75.8 cm³/mol. The van der Waals surface area contributed by atoms with Gasteiger partial charge in [0, 0.05) is 12.0 Å². The average molecular weight is 351 g/mol. The Bertz CT molecular complexity index is 627. The van der Waals surface area contributed by atoms with Crippen LogP contribution >= 0.6 is 0 Å². The van der Waals surface area contributed by atoms with Crippen molar-refractivity contribution in [2.45, 2.75) is 32.8 Å². The number of hydrogen-bond donors (Lipinski definition) is 1. The highest BCUT2D eigenvalue weighted by Crippen LogP contribution is 2.30. The van der Waals surface area contributed by atoms with E-state index in [4.69, 9.17) is 4.74 Å². The van der Waals surface area contributed by atoms with Gasteiger partial charge in [-0.3, -0.25) is 4.79 Å². The van der Waals surface area contributed by atoms with Crippen molar-refractivity contribution in [2.24, 2.45) is 0 Å². The maximum atomic E-state index is 13.7. The highest BCUT2D eigenvalue weighted by molar-refractivity contribution is 5.85. The van der Waals surface area contributed by atoms with Gasteiger partial charge in [-0.2, -0.15) is 8.78 Å². The second-order valence-corrected chi connectivity index (χ2v) is 5.84. The molecule has 1 amide bonds. The third-order valence-corrected chi connectivity index (χ3v) is 2.72. The molecule has 1 aromatic carbocycles. The molecule has 0 radical (unpaired) electrons. The summed E-state index contributed by atoms with van der Waals surface area (Å²) in [6.07, 6.45) is -1.87. The number of rotatable bonds is 5. The number of carbonyl (C=O) groups is 2. The summed E-state index contributed by atoms with van der Waals surface area (Å²) in [5, 5.41) is 2.08. The van der Waals surface area contributed by atoms with Crippen LogP contribution < -0.4 is 10.1 Å². The van der Waals surface area contributed by atoms with Gasteiger partial charge in [0.1, 0.15) is 5.60 Å². The molecule has 0 fully saturated rings. The fourth-order valence-corrected chi connectivity index (χ4v) is 1.74. The van der Waals surface area contributed by atoms with Gasteiger partial charge in [-0.15, -0.1) is 0 Å². The van der Waals surface area contributed by atoms with Crippen molar-refractivity contribution in [2.75, 3.05) is 13.7 Å². The molecular weight excluding hydrogens is 334 g/mol. The third-order valence-electron chi connectivity index (χ3n) is 2.72. The number of hydrogen-bond acceptors (Lipinski definition) is 4. The van der Waals surface area contributed by atoms with Crippen molar-refractivity contribution in [1.29, 1.82) is 0 Å². The van der Waals surface area contributed by atoms with Crippen LogP contribution in [0, 0.1) is 23.3 Å². The molecule has 0 aromatic heterocycles. The summed E-state index contributed by atoms with van der Waals surface area (Å²) in [6.45, 7) is 4.18. The molecule has 24 heavy (non-hydrogen) atoms. The van der Waals surface area contributed by atoms with Crippen LogP contribution in [0.1, 0.15) is 26.3 Å². The standard InChI is InChI=1S/C15H17F4NO4/c1-15(2,3)24-14(22)20-6-7(21)5-8-9(16)11(18)13(23-4)12(19)10(8)17/h5-6H2,1-4H3,(H,20,22). The summed E-state index contributed by atoms with van der Waals surface area (Å²) in [5.74, 6) is -9.01. The van der Waals surface area contributed by atoms with Crippen LogP contribution in [0.3, 0.4) is 0 Å². The monoisotopic (exact) mass is 351 g/mol. The molecule has 0 saturated carbocycles. The van der Waals surface area contributed by atoms with Crippen molar-refractivity contribution in [1.82, 2.24) is 5.32 Å². The fraction of sp³-hybridized carbons (Fsp3) is 0.467. The molecule has 0 saturated heterocycles. The molecule has 0 aliphatic carbocycles. The number of carbonyl (C=O) groups excluding carboxylic acids is 2. The van der Waals surface area contributed by atoms with Crippen LogP contribution in [0.15, 0.2) is 0 Å². The number of ketones is 1. The van der Waals surface area contributed by atoms with E-state index in [0.717, 1.165) is 7.11 Å². The van der Waals surface area contributed by atoms with Gasteiger partial charge >= 0.3 is 6.09 Å². The Hall–Kier alpha value is -2.32. The number of amides is 1. The molecule has 9 heteroatoms. The van der Waals surface area contributed by atoms with Gasteiger partial charge in [0.2, 0.25) is 11.6 Å². The molecule has 0 unspecified atom stereocenters. The maximum absolute atomic E-state index is 13.7. The zero-order chi connectivity index (χ0) is 18.7. The molecule has 1 N–H and O–H groups in total. The first kappa shape index (κ1) is 19.7. The van der Waals surface area contributed by atoms with Gasteiger partial charge in [-0.25, -0.2) is 13.6 Å². The Labute approximate surface area is 135 Å². The smallest absolute Gasteiger partial charge is 0.408 e. The molecule has 0 heterocycles. The van der Waals surface area contributed by atoms with E-state index in [2.05, 4.69) is 10.1 Å². The summed E-state index contributed by atoms with van der Waals surface area (Å²) in [4.78, 5) is 23.1. The molecule has 1 aromatic rings. The van der Waals surface area contributed by atoms with Crippen molar-refractivity contribution in [3.63, 3.8) is 0 Å². The SMILES string of the molecule is COc1c(F)c(F)c(CC(=O)CNC(=O)OC(C)(C)C)c(F)c1F. The number of benzene rings is 1. The number of methoxy groups -OCH3 is 1. The Balaban J connectivity index is 2.83. The average Bonchev–Trinajstić information content (AvgIpc) is 2.46. The second kappa shape index (κ2) is 7.50. The molecule has 5 nitrogen and oxygen atoms in total. The molecule has 0 atom stereocenters. The van der Waals surface area contributed by atoms with E-state index < -0.39 is 65.0 Å². The molecular formula is C15H17F4NO4. The summed E-state index contributed by atoms with van der Waals surface area (Å²) < 4.78 is 63.7. The van der Waals surface area contributed by atoms with Gasteiger partial charge in [0.05, 0.1) is 13.7 Å². The minimum absolute atomic E-state index is 0.622. The summed E-state index contributed by atoms with van der Waals surface area (Å²) in [5.41, 5.74) is -1.88. The lowest BCUT2D eigenvalue weighted by Gasteiger charge is -2.19. The highest BCUT2D eigenvalue weighted by Gasteiger charge is 2.27. The van der Waals surface area contributed by atoms with Crippen LogP contribution in [0.5, 0.6) is 5.75 Å². The zero-order valence-electron chi connectivity index (χ0n) is 13.6. The fourth-order valence-electron chi connectivity index (χ4n) is 1.74. The normalized spacial score (nSPS) is 11.2. The zero-order valence-corrected chi connectivity index (χ0v) is 13.6. The Morgan fingerprint density at radius 2 is 1.50 bits per heavy atom. The van der Waals surface area contributed by atoms with Crippen molar-refractivity contribution in [3.8, 4) is 5.75 Å². The highest BCUT2D eigenvalue weighted by atomic mass is 19.2. The molecule has 134 valence electrons. The molecule has 0 bridgehead atoms. The summed E-state index contributed by atoms with van der Waals surface area (Å²) in [6, 6.07) is 0. The Kier molecular flexibility index (Phi) is 6.16. The lowest BCUT2D eigenvalue weighted by atomic mass is 10.1. The number of halogens is 4. The molecule has 0 spiro atoms. The topological polar surface area (TPSA) is 64.6 Å². The molecule has 1 rings (SSSR count). The summed E-state index contributed by atoms with van der Waals surface area (Å²) in [7, 11) is 0.843. The van der Waals surface area contributed by atoms with Crippen LogP contribution in [0.4, 0.5) is 22.4 Å². The maximum Gasteiger partial charge on any atom is 0.408 e. The van der Waals surface area contributed by atoms with Crippen LogP contribution in [-0.4, -0.2) is 31.1 Å². The van der Waals surface area contributed by atoms with E-state index in [1.807, 2.05) is 0 Å². The van der Waals surface area contributed by atoms with E-state index in [9.17, 15) is 27.2 Å². The van der Waals surface area contributed by atoms with Crippen LogP contribution in [0.2, 0.25) is 0 Å². The van der Waals surface area contributed by atoms with E-state index in [0.29, 0.717) is 0 Å². The lowest BCUT2D eigenvalue weighted by molar-refractivity contribution is -0.117. The number of nitrogens with one attached hydrogen (secondary N) is 1. The number of ether oxygens (including phenoxy) is 2. The number of Topliss-reactive ketones (excluding diaryl/α,β-unsaturated/α-hetero) is 1. The largest absolute Gasteiger partial charge is 0.491 e. The predicted octanol–water partition coefficient (Wildman–Crippen LogP) is 2.89. The van der Waals surface area contributed by atoms with E-state index in [-0.39, 0.29) is 0 Å². The number of alkyl carbamates (subject to hydrolysis) is 1. The van der Waals surface area contributed by atoms with E-state index in [1.165, 1.54) is 0 Å². The van der Waals surface area contributed by atoms with Gasteiger partial charge in [0.25, 0.3) is 0 Å². The van der Waals surface area contributed by atoms with Crippen LogP contribution in [0.25, 0.3) is 0 Å². The first-order chi connectivity index (χ1) is 11.0. The summed E-state index contributed by atoms with van der Waals surface area (Å²) >= 11 is 0. The second-order valence-electron chi connectivity index (χ2n) is 5.84. The minimum atomic E-state index is -1.74. The first-order valence-electron chi connectivity index (χ1n) is 6.85. The van der Waals surface area contributed by atoms with E-state index >= 15 is 0 Å². The first-order valence-corrected chi connectivity index (χ1v) is 6.85. The minimum Gasteiger partial charge on any atom is -0.491 e. The Morgan fingerprint density at radius 3 is 1.92 bits per heavy atom. The van der Waals surface area contributed by atoms with Crippen LogP contribution in [-0.2, 0) is 16.0 Å². The van der Waals surface area contributed by atoms with E-state index in [1.54, 1.807) is 20.8 Å². The molecule has 0 aliphatic rings. The van der Waals surface area contributed by atoms with Gasteiger partial charge < -0.3 is 14.8 Å². The molecule has 0 aliphatic heterocycles. The third kappa shape index (κ3) is 4.84. The van der Waals surface area contributed by atoms with Crippen molar-refractivity contribution in [3.05, 3.63) is 28.8 Å². The van der Waals surface area contributed by atoms with Crippen molar-refractivity contribution >= 4 is 11.9 Å². The van der Waals surface area contributed by atoms with Gasteiger partial charge in [0.15, 0.2) is 23.2 Å². The lowest BCUT2D eigenvalue weighted by Crippen LogP contribution is -2.36. The van der Waals surface area contributed by atoms with Gasteiger partial charge in [-0.1, -0.05) is 0 Å². The quantitative estimate of drug-likeness (QED) is 0.654. The van der Waals surface area contributed by atoms with Crippen molar-refractivity contribution < 1.29 is 36.6 Å². The van der Waals surface area contributed by atoms with Gasteiger partial charge in [-0.05, 0) is 20.8 Å². The Morgan fingerprint density at radius 1 is 1.00 bits per heavy atom.